The molecule has 0 bridgehead atoms. The Morgan fingerprint density at radius 3 is 2.50 bits per heavy atom. The van der Waals surface area contributed by atoms with Gasteiger partial charge in [0.05, 0.1) is 4.92 Å². The number of nitro benzene ring substituents is 1. The van der Waals surface area contributed by atoms with E-state index in [1.807, 2.05) is 36.4 Å². The fourth-order valence-electron chi connectivity index (χ4n) is 2.46. The molecular formula is C17H13NO4. The van der Waals surface area contributed by atoms with E-state index >= 15 is 0 Å². The molecule has 0 amide bonds. The third kappa shape index (κ3) is 2.88. The smallest absolute Gasteiger partial charge is 0.331 e. The first-order chi connectivity index (χ1) is 10.6. The largest absolute Gasteiger partial charge is 0.455 e. The quantitative estimate of drug-likeness (QED) is 0.493. The number of esters is 1. The summed E-state index contributed by atoms with van der Waals surface area (Å²) in [4.78, 5) is 22.0. The van der Waals surface area contributed by atoms with E-state index < -0.39 is 17.0 Å². The summed E-state index contributed by atoms with van der Waals surface area (Å²) in [6, 6.07) is 14.6. The van der Waals surface area contributed by atoms with Crippen LogP contribution in [0.15, 0.2) is 60.7 Å². The van der Waals surface area contributed by atoms with Crippen molar-refractivity contribution >= 4 is 11.7 Å². The Hall–Kier alpha value is -2.95. The van der Waals surface area contributed by atoms with Crippen molar-refractivity contribution in [1.82, 2.24) is 0 Å². The molecule has 2 aromatic rings. The highest BCUT2D eigenvalue weighted by atomic mass is 16.6. The first-order valence-electron chi connectivity index (χ1n) is 6.85. The van der Waals surface area contributed by atoms with Crippen LogP contribution >= 0.6 is 0 Å². The van der Waals surface area contributed by atoms with Gasteiger partial charge in [-0.1, -0.05) is 42.5 Å². The maximum Gasteiger partial charge on any atom is 0.331 e. The number of hydrogen-bond acceptors (Lipinski definition) is 4. The minimum atomic E-state index is -0.436. The van der Waals surface area contributed by atoms with E-state index in [0.717, 1.165) is 11.1 Å². The van der Waals surface area contributed by atoms with Crippen LogP contribution in [0.25, 0.3) is 11.1 Å². The summed E-state index contributed by atoms with van der Waals surface area (Å²) in [6.45, 7) is 0. The fraction of sp³-hybridized carbons (Fsp3) is 0.118. The number of benzene rings is 2. The van der Waals surface area contributed by atoms with Crippen molar-refractivity contribution in [2.75, 3.05) is 0 Å². The molecule has 0 saturated carbocycles. The Kier molecular flexibility index (Phi) is 3.70. The summed E-state index contributed by atoms with van der Waals surface area (Å²) in [5.74, 6) is -0.409. The molecule has 22 heavy (non-hydrogen) atoms. The van der Waals surface area contributed by atoms with Crippen molar-refractivity contribution in [2.24, 2.45) is 0 Å². The van der Waals surface area contributed by atoms with Crippen molar-refractivity contribution in [3.63, 3.8) is 0 Å². The Morgan fingerprint density at radius 1 is 1.09 bits per heavy atom. The summed E-state index contributed by atoms with van der Waals surface area (Å²) in [5.41, 5.74) is 2.30. The molecule has 1 atom stereocenters. The number of ether oxygens (including phenoxy) is 1. The summed E-state index contributed by atoms with van der Waals surface area (Å²) in [6.07, 6.45) is 2.83. The van der Waals surface area contributed by atoms with E-state index in [2.05, 4.69) is 0 Å². The fourth-order valence-corrected chi connectivity index (χ4v) is 2.46. The van der Waals surface area contributed by atoms with Crippen molar-refractivity contribution in [2.45, 2.75) is 12.5 Å². The second-order valence-electron chi connectivity index (χ2n) is 5.01. The van der Waals surface area contributed by atoms with Crippen LogP contribution in [0, 0.1) is 10.1 Å². The van der Waals surface area contributed by atoms with Gasteiger partial charge >= 0.3 is 5.97 Å². The highest BCUT2D eigenvalue weighted by molar-refractivity contribution is 5.84. The minimum Gasteiger partial charge on any atom is -0.455 e. The monoisotopic (exact) mass is 295 g/mol. The van der Waals surface area contributed by atoms with Crippen LogP contribution < -0.4 is 0 Å². The lowest BCUT2D eigenvalue weighted by molar-refractivity contribution is -0.385. The van der Waals surface area contributed by atoms with Gasteiger partial charge in [0.15, 0.2) is 0 Å². The summed E-state index contributed by atoms with van der Waals surface area (Å²) in [7, 11) is 0. The third-order valence-electron chi connectivity index (χ3n) is 3.52. The predicted octanol–water partition coefficient (Wildman–Crippen LogP) is 3.29. The molecule has 0 aliphatic carbocycles. The van der Waals surface area contributed by atoms with Gasteiger partial charge in [0.1, 0.15) is 6.10 Å². The van der Waals surface area contributed by atoms with Crippen LogP contribution in [0.4, 0.5) is 5.69 Å². The van der Waals surface area contributed by atoms with Gasteiger partial charge in [-0.05, 0) is 17.2 Å². The number of hydrogen-bond donors (Lipinski definition) is 0. The summed E-state index contributed by atoms with van der Waals surface area (Å²) < 4.78 is 5.04. The standard InChI is InChI=1S/C17H13NO4/c19-17-9-8-15(22-17)10-14-7-6-13(11-16(14)18(20)21)12-4-2-1-3-5-12/h1-9,11,15H,10H2/t15-/m1/s1. The van der Waals surface area contributed by atoms with Crippen molar-refractivity contribution in [3.05, 3.63) is 76.4 Å². The first kappa shape index (κ1) is 14.0. The van der Waals surface area contributed by atoms with E-state index in [0.29, 0.717) is 12.0 Å². The Balaban J connectivity index is 1.92. The highest BCUT2D eigenvalue weighted by Crippen LogP contribution is 2.29. The van der Waals surface area contributed by atoms with Crippen molar-refractivity contribution in [3.8, 4) is 11.1 Å². The topological polar surface area (TPSA) is 69.4 Å². The number of cyclic esters (lactones) is 1. The number of nitrogens with zero attached hydrogens (tertiary/aromatic N) is 1. The van der Waals surface area contributed by atoms with E-state index in [9.17, 15) is 14.9 Å². The molecule has 2 aromatic carbocycles. The summed E-state index contributed by atoms with van der Waals surface area (Å²) in [5, 5.41) is 11.3. The van der Waals surface area contributed by atoms with E-state index in [1.165, 1.54) is 6.08 Å². The number of carbonyl (C=O) groups is 1. The van der Waals surface area contributed by atoms with Gasteiger partial charge in [-0.3, -0.25) is 10.1 Å². The molecule has 1 heterocycles. The van der Waals surface area contributed by atoms with E-state index in [-0.39, 0.29) is 5.69 Å². The predicted molar refractivity (Wildman–Crippen MR) is 81.3 cm³/mol. The molecule has 0 N–H and O–H groups in total. The zero-order valence-corrected chi connectivity index (χ0v) is 11.6. The lowest BCUT2D eigenvalue weighted by atomic mass is 9.99. The van der Waals surface area contributed by atoms with Gasteiger partial charge in [-0.25, -0.2) is 4.79 Å². The molecule has 5 heteroatoms. The minimum absolute atomic E-state index is 0.0395. The van der Waals surface area contributed by atoms with Crippen LogP contribution in [-0.2, 0) is 16.0 Å². The molecule has 110 valence electrons. The van der Waals surface area contributed by atoms with Crippen molar-refractivity contribution < 1.29 is 14.5 Å². The summed E-state index contributed by atoms with van der Waals surface area (Å²) >= 11 is 0. The molecule has 5 nitrogen and oxygen atoms in total. The lowest BCUT2D eigenvalue weighted by Crippen LogP contribution is -2.12. The molecule has 0 fully saturated rings. The third-order valence-corrected chi connectivity index (χ3v) is 3.52. The molecule has 0 spiro atoms. The molecular weight excluding hydrogens is 282 g/mol. The highest BCUT2D eigenvalue weighted by Gasteiger charge is 2.22. The number of carbonyl (C=O) groups excluding carboxylic acids is 1. The Labute approximate surface area is 127 Å². The molecule has 0 aromatic heterocycles. The van der Waals surface area contributed by atoms with E-state index in [1.54, 1.807) is 18.2 Å². The first-order valence-corrected chi connectivity index (χ1v) is 6.85. The second-order valence-corrected chi connectivity index (χ2v) is 5.01. The molecule has 1 aliphatic heterocycles. The Bertz CT molecular complexity index is 753. The van der Waals surface area contributed by atoms with E-state index in [4.69, 9.17) is 4.74 Å². The average Bonchev–Trinajstić information content (AvgIpc) is 2.93. The molecule has 0 unspecified atom stereocenters. The maximum absolute atomic E-state index is 11.3. The van der Waals surface area contributed by atoms with Crippen molar-refractivity contribution in [1.29, 1.82) is 0 Å². The van der Waals surface area contributed by atoms with Gasteiger partial charge < -0.3 is 4.74 Å². The maximum atomic E-state index is 11.3. The van der Waals surface area contributed by atoms with Gasteiger partial charge in [0.25, 0.3) is 5.69 Å². The van der Waals surface area contributed by atoms with Gasteiger partial charge in [-0.15, -0.1) is 0 Å². The molecule has 0 saturated heterocycles. The molecule has 3 rings (SSSR count). The van der Waals surface area contributed by atoms with Crippen LogP contribution in [0.1, 0.15) is 5.56 Å². The van der Waals surface area contributed by atoms with Crippen LogP contribution in [-0.4, -0.2) is 17.0 Å². The average molecular weight is 295 g/mol. The van der Waals surface area contributed by atoms with Gasteiger partial charge in [-0.2, -0.15) is 0 Å². The lowest BCUT2D eigenvalue weighted by Gasteiger charge is -2.10. The zero-order chi connectivity index (χ0) is 15.5. The van der Waals surface area contributed by atoms with Gasteiger partial charge in [0, 0.05) is 24.1 Å². The number of nitro groups is 1. The van der Waals surface area contributed by atoms with Crippen LogP contribution in [0.2, 0.25) is 0 Å². The normalized spacial score (nSPS) is 16.5. The van der Waals surface area contributed by atoms with Crippen LogP contribution in [0.3, 0.4) is 0 Å². The zero-order valence-electron chi connectivity index (χ0n) is 11.6. The number of rotatable bonds is 4. The Morgan fingerprint density at radius 2 is 1.86 bits per heavy atom. The van der Waals surface area contributed by atoms with Crippen LogP contribution in [0.5, 0.6) is 0 Å². The molecule has 1 aliphatic rings. The molecule has 0 radical (unpaired) electrons. The second kappa shape index (κ2) is 5.81. The van der Waals surface area contributed by atoms with Gasteiger partial charge in [0.2, 0.25) is 0 Å². The SMILES string of the molecule is O=C1C=C[C@H](Cc2ccc(-c3ccccc3)cc2[N+](=O)[O-])O1.